The Balaban J connectivity index is 2.48. The van der Waals surface area contributed by atoms with Crippen molar-refractivity contribution < 1.29 is 4.42 Å². The molecule has 1 N–H and O–H groups in total. The second-order valence-electron chi connectivity index (χ2n) is 4.17. The predicted octanol–water partition coefficient (Wildman–Crippen LogP) is 2.62. The maximum Gasteiger partial charge on any atom is 0.118 e. The molecule has 0 aliphatic heterocycles. The molecule has 0 bridgehead atoms. The number of rotatable bonds is 8. The van der Waals surface area contributed by atoms with E-state index in [-0.39, 0.29) is 0 Å². The first-order valence-corrected chi connectivity index (χ1v) is 6.24. The molecule has 0 atom stereocenters. The number of hydrogen-bond donors (Lipinski definition) is 1. The molecular weight excluding hydrogens is 200 g/mol. The minimum atomic E-state index is 0.807. The Hall–Kier alpha value is -0.800. The van der Waals surface area contributed by atoms with Crippen LogP contribution in [-0.4, -0.2) is 25.0 Å². The van der Waals surface area contributed by atoms with Gasteiger partial charge in [-0.1, -0.05) is 13.8 Å². The fourth-order valence-electron chi connectivity index (χ4n) is 1.90. The zero-order valence-electron chi connectivity index (χ0n) is 10.8. The van der Waals surface area contributed by atoms with Crippen molar-refractivity contribution in [2.75, 3.05) is 20.1 Å². The lowest BCUT2D eigenvalue weighted by molar-refractivity contribution is 0.241. The summed E-state index contributed by atoms with van der Waals surface area (Å²) in [6, 6.07) is 4.15. The van der Waals surface area contributed by atoms with Crippen molar-refractivity contribution in [1.29, 1.82) is 0 Å². The molecular formula is C13H24N2O. The van der Waals surface area contributed by atoms with Gasteiger partial charge in [-0.15, -0.1) is 0 Å². The second kappa shape index (κ2) is 7.47. The van der Waals surface area contributed by atoms with E-state index in [1.165, 1.54) is 12.8 Å². The smallest absolute Gasteiger partial charge is 0.118 e. The molecule has 0 radical (unpaired) electrons. The molecule has 0 aromatic carbocycles. The van der Waals surface area contributed by atoms with Gasteiger partial charge in [0.25, 0.3) is 0 Å². The van der Waals surface area contributed by atoms with Crippen LogP contribution in [0.5, 0.6) is 0 Å². The summed E-state index contributed by atoms with van der Waals surface area (Å²) in [6.45, 7) is 8.48. The third-order valence-electron chi connectivity index (χ3n) is 2.53. The Labute approximate surface area is 98.8 Å². The molecule has 3 heteroatoms. The van der Waals surface area contributed by atoms with Gasteiger partial charge in [0, 0.05) is 0 Å². The van der Waals surface area contributed by atoms with E-state index in [1.807, 2.05) is 7.05 Å². The van der Waals surface area contributed by atoms with Gasteiger partial charge < -0.3 is 9.73 Å². The standard InChI is InChI=1S/C13H24N2O/c1-4-8-15(9-5-2)11-13-7-6-12(16-13)10-14-3/h6-7,14H,4-5,8-11H2,1-3H3. The van der Waals surface area contributed by atoms with Gasteiger partial charge in [0.05, 0.1) is 13.1 Å². The van der Waals surface area contributed by atoms with Crippen molar-refractivity contribution in [1.82, 2.24) is 10.2 Å². The Morgan fingerprint density at radius 1 is 1.12 bits per heavy atom. The summed E-state index contributed by atoms with van der Waals surface area (Å²) in [5, 5.41) is 3.09. The van der Waals surface area contributed by atoms with E-state index in [2.05, 4.69) is 36.2 Å². The quantitative estimate of drug-likeness (QED) is 0.736. The minimum absolute atomic E-state index is 0.807. The molecule has 0 aliphatic carbocycles. The van der Waals surface area contributed by atoms with Crippen molar-refractivity contribution in [2.45, 2.75) is 39.8 Å². The van der Waals surface area contributed by atoms with Crippen LogP contribution in [-0.2, 0) is 13.1 Å². The molecule has 1 aromatic heterocycles. The predicted molar refractivity (Wildman–Crippen MR) is 67.3 cm³/mol. The summed E-state index contributed by atoms with van der Waals surface area (Å²) >= 11 is 0. The molecule has 0 unspecified atom stereocenters. The molecule has 0 saturated heterocycles. The van der Waals surface area contributed by atoms with Gasteiger partial charge in [-0.25, -0.2) is 0 Å². The number of nitrogens with zero attached hydrogens (tertiary/aromatic N) is 1. The molecule has 0 aliphatic rings. The van der Waals surface area contributed by atoms with Crippen LogP contribution in [0.15, 0.2) is 16.5 Å². The Morgan fingerprint density at radius 3 is 2.31 bits per heavy atom. The average molecular weight is 224 g/mol. The molecule has 0 fully saturated rings. The highest BCUT2D eigenvalue weighted by atomic mass is 16.3. The Morgan fingerprint density at radius 2 is 1.75 bits per heavy atom. The number of hydrogen-bond acceptors (Lipinski definition) is 3. The van der Waals surface area contributed by atoms with E-state index in [0.29, 0.717) is 0 Å². The lowest BCUT2D eigenvalue weighted by atomic mass is 10.3. The Bertz CT molecular complexity index is 277. The normalized spacial score (nSPS) is 11.2. The Kier molecular flexibility index (Phi) is 6.19. The highest BCUT2D eigenvalue weighted by Crippen LogP contribution is 2.11. The summed E-state index contributed by atoms with van der Waals surface area (Å²) in [7, 11) is 1.93. The van der Waals surface area contributed by atoms with Crippen LogP contribution in [0, 0.1) is 0 Å². The highest BCUT2D eigenvalue weighted by molar-refractivity contribution is 5.06. The highest BCUT2D eigenvalue weighted by Gasteiger charge is 2.07. The summed E-state index contributed by atoms with van der Waals surface area (Å²) < 4.78 is 5.74. The van der Waals surface area contributed by atoms with Crippen LogP contribution in [0.1, 0.15) is 38.2 Å². The topological polar surface area (TPSA) is 28.4 Å². The van der Waals surface area contributed by atoms with E-state index in [4.69, 9.17) is 4.42 Å². The first-order chi connectivity index (χ1) is 7.80. The van der Waals surface area contributed by atoms with Gasteiger partial charge in [-0.2, -0.15) is 0 Å². The van der Waals surface area contributed by atoms with Gasteiger partial charge in [0.15, 0.2) is 0 Å². The lowest BCUT2D eigenvalue weighted by Crippen LogP contribution is -2.24. The summed E-state index contributed by atoms with van der Waals surface area (Å²) in [5.41, 5.74) is 0. The lowest BCUT2D eigenvalue weighted by Gasteiger charge is -2.19. The van der Waals surface area contributed by atoms with E-state index in [0.717, 1.165) is 37.7 Å². The van der Waals surface area contributed by atoms with Crippen molar-refractivity contribution in [3.63, 3.8) is 0 Å². The van der Waals surface area contributed by atoms with Crippen molar-refractivity contribution in [3.05, 3.63) is 23.7 Å². The molecule has 1 rings (SSSR count). The largest absolute Gasteiger partial charge is 0.463 e. The first-order valence-electron chi connectivity index (χ1n) is 6.24. The zero-order chi connectivity index (χ0) is 11.8. The van der Waals surface area contributed by atoms with Gasteiger partial charge in [0.1, 0.15) is 11.5 Å². The van der Waals surface area contributed by atoms with Crippen molar-refractivity contribution in [3.8, 4) is 0 Å². The van der Waals surface area contributed by atoms with Gasteiger partial charge in [0.2, 0.25) is 0 Å². The van der Waals surface area contributed by atoms with Crippen LogP contribution >= 0.6 is 0 Å². The molecule has 1 heterocycles. The van der Waals surface area contributed by atoms with Gasteiger partial charge in [-0.05, 0) is 45.1 Å². The van der Waals surface area contributed by atoms with Crippen LogP contribution in [0.4, 0.5) is 0 Å². The van der Waals surface area contributed by atoms with Crippen LogP contribution in [0.3, 0.4) is 0 Å². The minimum Gasteiger partial charge on any atom is -0.463 e. The third kappa shape index (κ3) is 4.37. The number of furan rings is 1. The van der Waals surface area contributed by atoms with Crippen LogP contribution < -0.4 is 5.32 Å². The maximum atomic E-state index is 5.74. The SMILES string of the molecule is CCCN(CCC)Cc1ccc(CNC)o1. The molecule has 0 amide bonds. The molecule has 16 heavy (non-hydrogen) atoms. The third-order valence-corrected chi connectivity index (χ3v) is 2.53. The van der Waals surface area contributed by atoms with Crippen LogP contribution in [0.25, 0.3) is 0 Å². The summed E-state index contributed by atoms with van der Waals surface area (Å²) in [5.74, 6) is 2.09. The molecule has 0 spiro atoms. The van der Waals surface area contributed by atoms with Crippen molar-refractivity contribution in [2.24, 2.45) is 0 Å². The van der Waals surface area contributed by atoms with E-state index in [9.17, 15) is 0 Å². The summed E-state index contributed by atoms with van der Waals surface area (Å²) in [4.78, 5) is 2.45. The van der Waals surface area contributed by atoms with Gasteiger partial charge >= 0.3 is 0 Å². The average Bonchev–Trinajstić information content (AvgIpc) is 2.67. The van der Waals surface area contributed by atoms with E-state index >= 15 is 0 Å². The van der Waals surface area contributed by atoms with Gasteiger partial charge in [-0.3, -0.25) is 4.90 Å². The molecule has 0 saturated carbocycles. The zero-order valence-corrected chi connectivity index (χ0v) is 10.8. The van der Waals surface area contributed by atoms with Crippen molar-refractivity contribution >= 4 is 0 Å². The molecule has 92 valence electrons. The first kappa shape index (κ1) is 13.3. The second-order valence-corrected chi connectivity index (χ2v) is 4.17. The summed E-state index contributed by atoms with van der Waals surface area (Å²) in [6.07, 6.45) is 2.40. The van der Waals surface area contributed by atoms with E-state index in [1.54, 1.807) is 0 Å². The fourth-order valence-corrected chi connectivity index (χ4v) is 1.90. The van der Waals surface area contributed by atoms with E-state index < -0.39 is 0 Å². The fraction of sp³-hybridized carbons (Fsp3) is 0.692. The maximum absolute atomic E-state index is 5.74. The number of nitrogens with one attached hydrogen (secondary N) is 1. The molecule has 1 aromatic rings. The monoisotopic (exact) mass is 224 g/mol. The molecule has 3 nitrogen and oxygen atoms in total. The van der Waals surface area contributed by atoms with Crippen LogP contribution in [0.2, 0.25) is 0 Å².